The molecule has 0 aliphatic carbocycles. The first kappa shape index (κ1) is 58.2. The molecule has 1 rings (SSSR count). The lowest BCUT2D eigenvalue weighted by molar-refractivity contribution is -0.305. The molecule has 9 nitrogen and oxygen atoms in total. The highest BCUT2D eigenvalue weighted by Crippen LogP contribution is 2.23. The second-order valence-electron chi connectivity index (χ2n) is 17.6. The van der Waals surface area contributed by atoms with Gasteiger partial charge in [0.1, 0.15) is 30.5 Å². The van der Waals surface area contributed by atoms with Crippen LogP contribution in [-0.4, -0.2) is 89.6 Å². The number of aliphatic hydroxyl groups excluding tert-OH is 4. The van der Waals surface area contributed by atoms with Gasteiger partial charge in [-0.1, -0.05) is 210 Å². The van der Waals surface area contributed by atoms with Crippen LogP contribution in [0.3, 0.4) is 0 Å². The normalized spacial score (nSPS) is 20.1. The van der Waals surface area contributed by atoms with E-state index in [1.807, 2.05) is 0 Å². The van der Waals surface area contributed by atoms with Crippen LogP contribution < -0.4 is 0 Å². The Labute approximate surface area is 380 Å². The fraction of sp³-hybridized carbons (Fsp3) is 0.830. The number of rotatable bonds is 44. The third-order valence-corrected chi connectivity index (χ3v) is 11.8. The van der Waals surface area contributed by atoms with Gasteiger partial charge in [0.15, 0.2) is 6.29 Å². The van der Waals surface area contributed by atoms with Crippen molar-refractivity contribution in [2.24, 2.45) is 0 Å². The van der Waals surface area contributed by atoms with Crippen LogP contribution in [0.15, 0.2) is 48.6 Å². The SMILES string of the molecule is CC/C=C\C/C=C\C/C=C\C/C=C\CCCCCCCCCCCCC(=O)OC(COCCCCCCCCCCCCCCCCCC)COC1OC(CO)C(O)C(O)C1O. The van der Waals surface area contributed by atoms with E-state index in [0.29, 0.717) is 13.0 Å². The molecule has 0 bridgehead atoms. The van der Waals surface area contributed by atoms with Crippen molar-refractivity contribution in [3.63, 3.8) is 0 Å². The summed E-state index contributed by atoms with van der Waals surface area (Å²) in [5.74, 6) is -0.316. The lowest BCUT2D eigenvalue weighted by Crippen LogP contribution is -2.59. The van der Waals surface area contributed by atoms with Gasteiger partial charge in [0.05, 0.1) is 19.8 Å². The predicted octanol–water partition coefficient (Wildman–Crippen LogP) is 12.5. The zero-order chi connectivity index (χ0) is 45.0. The summed E-state index contributed by atoms with van der Waals surface area (Å²) in [7, 11) is 0. The zero-order valence-corrected chi connectivity index (χ0v) is 39.9. The molecule has 1 saturated heterocycles. The third kappa shape index (κ3) is 34.5. The van der Waals surface area contributed by atoms with Crippen LogP contribution in [-0.2, 0) is 23.7 Å². The van der Waals surface area contributed by atoms with Gasteiger partial charge in [-0.05, 0) is 51.4 Å². The Morgan fingerprint density at radius 3 is 1.48 bits per heavy atom. The Morgan fingerprint density at radius 1 is 0.532 bits per heavy atom. The average Bonchev–Trinajstić information content (AvgIpc) is 3.27. The molecule has 1 aliphatic heterocycles. The molecule has 0 saturated carbocycles. The summed E-state index contributed by atoms with van der Waals surface area (Å²) in [5.41, 5.74) is 0. The maximum absolute atomic E-state index is 12.8. The first-order chi connectivity index (χ1) is 30.4. The van der Waals surface area contributed by atoms with Crippen molar-refractivity contribution in [2.75, 3.05) is 26.4 Å². The van der Waals surface area contributed by atoms with Crippen LogP contribution >= 0.6 is 0 Å². The van der Waals surface area contributed by atoms with E-state index in [9.17, 15) is 25.2 Å². The van der Waals surface area contributed by atoms with Gasteiger partial charge < -0.3 is 39.4 Å². The summed E-state index contributed by atoms with van der Waals surface area (Å²) < 4.78 is 22.9. The summed E-state index contributed by atoms with van der Waals surface area (Å²) in [6.07, 6.45) is 48.5. The predicted molar refractivity (Wildman–Crippen MR) is 256 cm³/mol. The maximum atomic E-state index is 12.8. The highest BCUT2D eigenvalue weighted by Gasteiger charge is 2.44. The number of hydrogen-bond donors (Lipinski definition) is 4. The van der Waals surface area contributed by atoms with E-state index in [-0.39, 0.29) is 19.2 Å². The molecule has 362 valence electrons. The molecule has 0 aromatic carbocycles. The fourth-order valence-electron chi connectivity index (χ4n) is 7.78. The quantitative estimate of drug-likeness (QED) is 0.0268. The molecule has 0 amide bonds. The number of esters is 1. The molecule has 9 heteroatoms. The lowest BCUT2D eigenvalue weighted by atomic mass is 9.99. The number of aliphatic hydroxyl groups is 4. The molecule has 0 aromatic heterocycles. The molecule has 0 radical (unpaired) electrons. The number of allylic oxidation sites excluding steroid dienone is 8. The van der Waals surface area contributed by atoms with E-state index in [4.69, 9.17) is 18.9 Å². The zero-order valence-electron chi connectivity index (χ0n) is 39.9. The Kier molecular flexibility index (Phi) is 41.6. The molecule has 1 fully saturated rings. The largest absolute Gasteiger partial charge is 0.457 e. The highest BCUT2D eigenvalue weighted by atomic mass is 16.7. The van der Waals surface area contributed by atoms with E-state index in [1.54, 1.807) is 0 Å². The minimum Gasteiger partial charge on any atom is -0.457 e. The molecule has 62 heavy (non-hydrogen) atoms. The Hall–Kier alpha value is -1.85. The van der Waals surface area contributed by atoms with Gasteiger partial charge in [-0.25, -0.2) is 0 Å². The summed E-state index contributed by atoms with van der Waals surface area (Å²) in [4.78, 5) is 12.8. The number of hydrogen-bond acceptors (Lipinski definition) is 9. The summed E-state index contributed by atoms with van der Waals surface area (Å²) in [6.45, 7) is 4.47. The summed E-state index contributed by atoms with van der Waals surface area (Å²) in [6, 6.07) is 0. The van der Waals surface area contributed by atoms with Gasteiger partial charge in [-0.15, -0.1) is 0 Å². The van der Waals surface area contributed by atoms with E-state index in [2.05, 4.69) is 62.5 Å². The first-order valence-electron chi connectivity index (χ1n) is 25.7. The van der Waals surface area contributed by atoms with Gasteiger partial charge in [-0.3, -0.25) is 4.79 Å². The molecule has 1 heterocycles. The third-order valence-electron chi connectivity index (χ3n) is 11.8. The van der Waals surface area contributed by atoms with E-state index < -0.39 is 43.4 Å². The van der Waals surface area contributed by atoms with E-state index >= 15 is 0 Å². The fourth-order valence-corrected chi connectivity index (χ4v) is 7.78. The Bertz CT molecular complexity index is 1090. The molecular formula is C53H96O9. The second kappa shape index (κ2) is 44.4. The van der Waals surface area contributed by atoms with Gasteiger partial charge in [0.2, 0.25) is 0 Å². The maximum Gasteiger partial charge on any atom is 0.306 e. The monoisotopic (exact) mass is 877 g/mol. The van der Waals surface area contributed by atoms with Gasteiger partial charge in [-0.2, -0.15) is 0 Å². The van der Waals surface area contributed by atoms with Crippen LogP contribution in [0.4, 0.5) is 0 Å². The number of unbranched alkanes of at least 4 members (excludes halogenated alkanes) is 25. The van der Waals surface area contributed by atoms with E-state index in [0.717, 1.165) is 57.8 Å². The van der Waals surface area contributed by atoms with Crippen LogP contribution in [0.25, 0.3) is 0 Å². The number of carbonyl (C=O) groups excluding carboxylic acids is 1. The van der Waals surface area contributed by atoms with Crippen molar-refractivity contribution in [3.05, 3.63) is 48.6 Å². The molecular weight excluding hydrogens is 781 g/mol. The molecule has 1 aliphatic rings. The molecule has 0 spiro atoms. The molecule has 6 atom stereocenters. The minimum absolute atomic E-state index is 0.113. The van der Waals surface area contributed by atoms with Gasteiger partial charge in [0.25, 0.3) is 0 Å². The van der Waals surface area contributed by atoms with Crippen molar-refractivity contribution in [2.45, 2.75) is 256 Å². The van der Waals surface area contributed by atoms with E-state index in [1.165, 1.54) is 141 Å². The molecule has 6 unspecified atom stereocenters. The summed E-state index contributed by atoms with van der Waals surface area (Å²) >= 11 is 0. The van der Waals surface area contributed by atoms with Crippen LogP contribution in [0.1, 0.15) is 219 Å². The first-order valence-corrected chi connectivity index (χ1v) is 25.7. The minimum atomic E-state index is -1.54. The molecule has 0 aromatic rings. The van der Waals surface area contributed by atoms with Crippen molar-refractivity contribution < 1.29 is 44.2 Å². The Morgan fingerprint density at radius 2 is 0.984 bits per heavy atom. The van der Waals surface area contributed by atoms with Crippen molar-refractivity contribution in [1.29, 1.82) is 0 Å². The second-order valence-corrected chi connectivity index (χ2v) is 17.6. The standard InChI is InChI=1S/C53H96O9/c1-3-5-7-9-11-13-15-17-19-21-22-23-24-25-26-27-28-30-32-34-36-38-40-42-49(55)61-47(46-60-53-52(58)51(57)50(56)48(44-54)62-53)45-59-43-41-39-37-35-33-31-29-20-18-16-14-12-10-8-6-4-2/h5,7,11,13,17,19,22-23,47-48,50-54,56-58H,3-4,6,8-10,12,14-16,18,20-21,24-46H2,1-2H3/b7-5-,13-11-,19-17-,23-22-. The van der Waals surface area contributed by atoms with Crippen molar-refractivity contribution in [1.82, 2.24) is 0 Å². The average molecular weight is 877 g/mol. The van der Waals surface area contributed by atoms with Gasteiger partial charge >= 0.3 is 5.97 Å². The lowest BCUT2D eigenvalue weighted by Gasteiger charge is -2.39. The van der Waals surface area contributed by atoms with Gasteiger partial charge in [0, 0.05) is 13.0 Å². The topological polar surface area (TPSA) is 135 Å². The van der Waals surface area contributed by atoms with Crippen LogP contribution in [0.5, 0.6) is 0 Å². The summed E-state index contributed by atoms with van der Waals surface area (Å²) in [5, 5.41) is 40.2. The van der Waals surface area contributed by atoms with Crippen LogP contribution in [0, 0.1) is 0 Å². The van der Waals surface area contributed by atoms with Crippen LogP contribution in [0.2, 0.25) is 0 Å². The smallest absolute Gasteiger partial charge is 0.306 e. The number of ether oxygens (including phenoxy) is 4. The Balaban J connectivity index is 2.19. The number of carbonyl (C=O) groups is 1. The molecule has 4 N–H and O–H groups in total. The van der Waals surface area contributed by atoms with Crippen molar-refractivity contribution >= 4 is 5.97 Å². The highest BCUT2D eigenvalue weighted by molar-refractivity contribution is 5.69. The van der Waals surface area contributed by atoms with Crippen molar-refractivity contribution in [3.8, 4) is 0 Å².